The van der Waals surface area contributed by atoms with Crippen LogP contribution in [-0.2, 0) is 11.3 Å². The molecule has 0 spiro atoms. The molecule has 0 atom stereocenters. The van der Waals surface area contributed by atoms with E-state index in [0.29, 0.717) is 18.4 Å². The van der Waals surface area contributed by atoms with Gasteiger partial charge in [0.1, 0.15) is 5.75 Å². The highest BCUT2D eigenvalue weighted by Crippen LogP contribution is 2.17. The normalized spacial score (nSPS) is 10.8. The summed E-state index contributed by atoms with van der Waals surface area (Å²) in [6.45, 7) is 0.330. The van der Waals surface area contributed by atoms with Gasteiger partial charge >= 0.3 is 0 Å². The number of halogens is 2. The molecule has 4 heteroatoms. The van der Waals surface area contributed by atoms with Crippen LogP contribution >= 0.6 is 23.2 Å². The predicted molar refractivity (Wildman–Crippen MR) is 58.1 cm³/mol. The fourth-order valence-corrected chi connectivity index (χ4v) is 1.48. The van der Waals surface area contributed by atoms with Gasteiger partial charge in [-0.2, -0.15) is 0 Å². The average Bonchev–Trinajstić information content (AvgIpc) is 2.22. The lowest BCUT2D eigenvalue weighted by atomic mass is 10.2. The summed E-state index contributed by atoms with van der Waals surface area (Å²) in [5.74, 6) is 0.948. The van der Waals surface area contributed by atoms with E-state index < -0.39 is 0 Å². The summed E-state index contributed by atoms with van der Waals surface area (Å²) in [6, 6.07) is 7.03. The molecule has 0 unspecified atom stereocenters. The third kappa shape index (κ3) is 3.37. The molecule has 2 nitrogen and oxygen atoms in total. The number of ether oxygens (including phenoxy) is 1. The summed E-state index contributed by atoms with van der Waals surface area (Å²) in [7, 11) is 0. The highest BCUT2D eigenvalue weighted by Gasteiger charge is 2.07. The van der Waals surface area contributed by atoms with Gasteiger partial charge in [0, 0.05) is 17.3 Å². The molecule has 0 saturated carbocycles. The fraction of sp³-hybridized carbons (Fsp3) is 0.400. The van der Waals surface area contributed by atoms with E-state index in [9.17, 15) is 5.11 Å². The minimum atomic E-state index is -0.169. The third-order valence-corrected chi connectivity index (χ3v) is 2.50. The highest BCUT2D eigenvalue weighted by atomic mass is 35.5. The molecule has 0 aromatic heterocycles. The molecule has 78 valence electrons. The summed E-state index contributed by atoms with van der Waals surface area (Å²) in [4.78, 5) is 0. The standard InChI is InChI=1S/C10H12Cl2O2/c11-5-9(6-12)14-7-8-3-1-2-4-10(8)13/h1-4,9,13H,5-7H2. The number of para-hydroxylation sites is 1. The Morgan fingerprint density at radius 1 is 1.21 bits per heavy atom. The lowest BCUT2D eigenvalue weighted by Crippen LogP contribution is -2.16. The van der Waals surface area contributed by atoms with Crippen molar-refractivity contribution in [2.75, 3.05) is 11.8 Å². The van der Waals surface area contributed by atoms with E-state index in [1.807, 2.05) is 6.07 Å². The van der Waals surface area contributed by atoms with Crippen molar-refractivity contribution in [1.82, 2.24) is 0 Å². The van der Waals surface area contributed by atoms with Crippen molar-refractivity contribution >= 4 is 23.2 Å². The number of hydrogen-bond donors (Lipinski definition) is 1. The van der Waals surface area contributed by atoms with Gasteiger partial charge in [-0.15, -0.1) is 23.2 Å². The van der Waals surface area contributed by atoms with E-state index in [0.717, 1.165) is 5.56 Å². The third-order valence-electron chi connectivity index (χ3n) is 1.81. The highest BCUT2D eigenvalue weighted by molar-refractivity contribution is 6.21. The molecule has 0 aliphatic heterocycles. The lowest BCUT2D eigenvalue weighted by molar-refractivity contribution is 0.0689. The van der Waals surface area contributed by atoms with E-state index in [2.05, 4.69) is 0 Å². The Labute approximate surface area is 93.4 Å². The van der Waals surface area contributed by atoms with Gasteiger partial charge in [0.05, 0.1) is 12.7 Å². The van der Waals surface area contributed by atoms with Crippen molar-refractivity contribution in [1.29, 1.82) is 0 Å². The number of hydrogen-bond acceptors (Lipinski definition) is 2. The molecule has 1 rings (SSSR count). The lowest BCUT2D eigenvalue weighted by Gasteiger charge is -2.12. The molecule has 0 aliphatic carbocycles. The van der Waals surface area contributed by atoms with Crippen LogP contribution in [0.3, 0.4) is 0 Å². The second-order valence-corrected chi connectivity index (χ2v) is 3.49. The largest absolute Gasteiger partial charge is 0.508 e. The Morgan fingerprint density at radius 2 is 1.86 bits per heavy atom. The van der Waals surface area contributed by atoms with Crippen molar-refractivity contribution in [2.45, 2.75) is 12.7 Å². The van der Waals surface area contributed by atoms with Gasteiger partial charge in [0.2, 0.25) is 0 Å². The molecule has 14 heavy (non-hydrogen) atoms. The number of phenols is 1. The van der Waals surface area contributed by atoms with Crippen molar-refractivity contribution in [3.05, 3.63) is 29.8 Å². The Morgan fingerprint density at radius 3 is 2.43 bits per heavy atom. The zero-order valence-corrected chi connectivity index (χ0v) is 9.13. The van der Waals surface area contributed by atoms with Crippen LogP contribution in [0.15, 0.2) is 24.3 Å². The van der Waals surface area contributed by atoms with E-state index in [1.54, 1.807) is 18.2 Å². The Hall–Kier alpha value is -0.440. The topological polar surface area (TPSA) is 29.5 Å². The Balaban J connectivity index is 2.49. The van der Waals surface area contributed by atoms with E-state index >= 15 is 0 Å². The second-order valence-electron chi connectivity index (χ2n) is 2.87. The van der Waals surface area contributed by atoms with Gasteiger partial charge in [-0.3, -0.25) is 0 Å². The summed E-state index contributed by atoms with van der Waals surface area (Å²) >= 11 is 11.2. The molecule has 1 aromatic carbocycles. The molecule has 0 radical (unpaired) electrons. The van der Waals surface area contributed by atoms with Crippen LogP contribution in [0.2, 0.25) is 0 Å². The molecule has 1 N–H and O–H groups in total. The first kappa shape index (κ1) is 11.6. The quantitative estimate of drug-likeness (QED) is 0.795. The number of phenolic OH excluding ortho intramolecular Hbond substituents is 1. The van der Waals surface area contributed by atoms with Gasteiger partial charge in [-0.1, -0.05) is 18.2 Å². The molecule has 0 aliphatic rings. The van der Waals surface area contributed by atoms with E-state index in [1.165, 1.54) is 0 Å². The molecule has 0 saturated heterocycles. The maximum absolute atomic E-state index is 9.42. The van der Waals surface area contributed by atoms with E-state index in [-0.39, 0.29) is 11.9 Å². The van der Waals surface area contributed by atoms with Crippen molar-refractivity contribution < 1.29 is 9.84 Å². The number of aromatic hydroxyl groups is 1. The summed E-state index contributed by atoms with van der Waals surface area (Å²) in [5, 5.41) is 9.42. The Kier molecular flexibility index (Phi) is 5.09. The number of benzene rings is 1. The molecular formula is C10H12Cl2O2. The zero-order chi connectivity index (χ0) is 10.4. The molecular weight excluding hydrogens is 223 g/mol. The van der Waals surface area contributed by atoms with Gasteiger partial charge in [0.25, 0.3) is 0 Å². The first-order valence-electron chi connectivity index (χ1n) is 4.28. The molecule has 0 heterocycles. The molecule has 0 amide bonds. The molecule has 1 aromatic rings. The van der Waals surface area contributed by atoms with Gasteiger partial charge in [-0.05, 0) is 6.07 Å². The van der Waals surface area contributed by atoms with Crippen LogP contribution in [0.1, 0.15) is 5.56 Å². The van der Waals surface area contributed by atoms with Crippen LogP contribution in [0, 0.1) is 0 Å². The first-order valence-corrected chi connectivity index (χ1v) is 5.35. The van der Waals surface area contributed by atoms with Gasteiger partial charge in [-0.25, -0.2) is 0 Å². The van der Waals surface area contributed by atoms with Crippen LogP contribution < -0.4 is 0 Å². The number of alkyl halides is 2. The smallest absolute Gasteiger partial charge is 0.121 e. The Bertz CT molecular complexity index is 275. The monoisotopic (exact) mass is 234 g/mol. The second kappa shape index (κ2) is 6.12. The minimum Gasteiger partial charge on any atom is -0.508 e. The maximum Gasteiger partial charge on any atom is 0.121 e. The minimum absolute atomic E-state index is 0.169. The van der Waals surface area contributed by atoms with Gasteiger partial charge < -0.3 is 9.84 Å². The fourth-order valence-electron chi connectivity index (χ4n) is 0.971. The van der Waals surface area contributed by atoms with Crippen LogP contribution in [0.5, 0.6) is 5.75 Å². The number of rotatable bonds is 5. The SMILES string of the molecule is Oc1ccccc1COC(CCl)CCl. The molecule has 0 bridgehead atoms. The van der Waals surface area contributed by atoms with Crippen LogP contribution in [-0.4, -0.2) is 23.0 Å². The summed E-state index contributed by atoms with van der Waals surface area (Å²) in [5.41, 5.74) is 0.743. The molecule has 0 fully saturated rings. The first-order chi connectivity index (χ1) is 6.77. The summed E-state index contributed by atoms with van der Waals surface area (Å²) < 4.78 is 5.38. The summed E-state index contributed by atoms with van der Waals surface area (Å²) in [6.07, 6.45) is -0.169. The maximum atomic E-state index is 9.42. The van der Waals surface area contributed by atoms with Crippen molar-refractivity contribution in [2.24, 2.45) is 0 Å². The van der Waals surface area contributed by atoms with Crippen LogP contribution in [0.4, 0.5) is 0 Å². The van der Waals surface area contributed by atoms with E-state index in [4.69, 9.17) is 27.9 Å². The van der Waals surface area contributed by atoms with Crippen molar-refractivity contribution in [3.8, 4) is 5.75 Å². The average molecular weight is 235 g/mol. The van der Waals surface area contributed by atoms with Gasteiger partial charge in [0.15, 0.2) is 0 Å². The van der Waals surface area contributed by atoms with Crippen LogP contribution in [0.25, 0.3) is 0 Å². The predicted octanol–water partition coefficient (Wildman–Crippen LogP) is 2.76. The zero-order valence-electron chi connectivity index (χ0n) is 7.62. The van der Waals surface area contributed by atoms with Crippen molar-refractivity contribution in [3.63, 3.8) is 0 Å².